The minimum absolute atomic E-state index is 0.264. The Labute approximate surface area is 113 Å². The van der Waals surface area contributed by atoms with Crippen molar-refractivity contribution in [3.8, 4) is 0 Å². The fourth-order valence-electron chi connectivity index (χ4n) is 1.67. The Kier molecular flexibility index (Phi) is 4.77. The van der Waals surface area contributed by atoms with Crippen molar-refractivity contribution in [2.75, 3.05) is 26.2 Å². The SMILES string of the molecule is CC(C)(C)OC(=O)N1CCN(C(N)S(=O)(=O)O)CC1. The predicted octanol–water partition coefficient (Wildman–Crippen LogP) is -0.331. The largest absolute Gasteiger partial charge is 0.444 e. The van der Waals surface area contributed by atoms with Gasteiger partial charge in [0.2, 0.25) is 0 Å². The summed E-state index contributed by atoms with van der Waals surface area (Å²) in [6.07, 6.45) is -0.437. The van der Waals surface area contributed by atoms with Crippen LogP contribution < -0.4 is 5.73 Å². The first-order chi connectivity index (χ1) is 8.50. The average Bonchev–Trinajstić information content (AvgIpc) is 2.24. The van der Waals surface area contributed by atoms with Crippen molar-refractivity contribution in [1.29, 1.82) is 0 Å². The summed E-state index contributed by atoms with van der Waals surface area (Å²) in [5, 5.41) is 0. The Balaban J connectivity index is 2.52. The molecule has 3 N–H and O–H groups in total. The molecule has 8 nitrogen and oxygen atoms in total. The number of piperazine rings is 1. The van der Waals surface area contributed by atoms with Gasteiger partial charge in [-0.25, -0.2) is 4.79 Å². The molecule has 1 aliphatic rings. The number of ether oxygens (including phenoxy) is 1. The van der Waals surface area contributed by atoms with Crippen molar-refractivity contribution in [3.63, 3.8) is 0 Å². The van der Waals surface area contributed by atoms with Gasteiger partial charge in [0, 0.05) is 26.2 Å². The monoisotopic (exact) mass is 295 g/mol. The third kappa shape index (κ3) is 4.94. The Hall–Kier alpha value is -0.900. The van der Waals surface area contributed by atoms with Gasteiger partial charge < -0.3 is 15.4 Å². The highest BCUT2D eigenvalue weighted by molar-refractivity contribution is 7.86. The summed E-state index contributed by atoms with van der Waals surface area (Å²) < 4.78 is 35.9. The van der Waals surface area contributed by atoms with E-state index in [0.29, 0.717) is 13.1 Å². The second-order valence-corrected chi connectivity index (χ2v) is 6.92. The fraction of sp³-hybridized carbons (Fsp3) is 0.900. The zero-order valence-electron chi connectivity index (χ0n) is 11.4. The molecule has 1 aliphatic heterocycles. The number of nitrogens with two attached hydrogens (primary N) is 1. The zero-order valence-corrected chi connectivity index (χ0v) is 12.2. The summed E-state index contributed by atoms with van der Waals surface area (Å²) in [6.45, 7) is 6.46. The van der Waals surface area contributed by atoms with Gasteiger partial charge in [-0.1, -0.05) is 0 Å². The highest BCUT2D eigenvalue weighted by atomic mass is 32.2. The number of hydrogen-bond donors (Lipinski definition) is 2. The first kappa shape index (κ1) is 16.2. The van der Waals surface area contributed by atoms with Crippen molar-refractivity contribution in [2.45, 2.75) is 31.9 Å². The Morgan fingerprint density at radius 2 is 1.74 bits per heavy atom. The maximum atomic E-state index is 11.8. The molecule has 9 heteroatoms. The molecule has 0 aromatic rings. The van der Waals surface area contributed by atoms with Crippen LogP contribution in [-0.2, 0) is 14.9 Å². The minimum Gasteiger partial charge on any atom is -0.444 e. The molecule has 1 rings (SSSR count). The molecule has 1 heterocycles. The predicted molar refractivity (Wildman–Crippen MR) is 68.9 cm³/mol. The van der Waals surface area contributed by atoms with E-state index in [0.717, 1.165) is 0 Å². The van der Waals surface area contributed by atoms with Gasteiger partial charge in [0.1, 0.15) is 5.60 Å². The van der Waals surface area contributed by atoms with E-state index >= 15 is 0 Å². The molecule has 1 atom stereocenters. The number of amides is 1. The lowest BCUT2D eigenvalue weighted by atomic mass is 10.2. The summed E-state index contributed by atoms with van der Waals surface area (Å²) in [5.41, 5.74) is 3.38. The van der Waals surface area contributed by atoms with Crippen molar-refractivity contribution >= 4 is 16.2 Å². The molecule has 0 saturated carbocycles. The smallest absolute Gasteiger partial charge is 0.410 e. The average molecular weight is 295 g/mol. The van der Waals surface area contributed by atoms with Crippen LogP contribution >= 0.6 is 0 Å². The van der Waals surface area contributed by atoms with E-state index in [2.05, 4.69) is 0 Å². The molecule has 0 aromatic heterocycles. The van der Waals surface area contributed by atoms with Crippen LogP contribution in [-0.4, -0.2) is 66.1 Å². The van der Waals surface area contributed by atoms with Gasteiger partial charge in [-0.2, -0.15) is 8.42 Å². The first-order valence-electron chi connectivity index (χ1n) is 5.94. The third-order valence-corrected chi connectivity index (χ3v) is 3.54. The first-order valence-corrected chi connectivity index (χ1v) is 7.45. The van der Waals surface area contributed by atoms with Gasteiger partial charge in [0.15, 0.2) is 5.50 Å². The van der Waals surface area contributed by atoms with E-state index in [4.69, 9.17) is 15.0 Å². The summed E-state index contributed by atoms with van der Waals surface area (Å²) in [7, 11) is -4.30. The maximum absolute atomic E-state index is 11.8. The maximum Gasteiger partial charge on any atom is 0.410 e. The molecule has 0 spiro atoms. The lowest BCUT2D eigenvalue weighted by Crippen LogP contribution is -2.57. The van der Waals surface area contributed by atoms with E-state index < -0.39 is 27.3 Å². The number of hydrogen-bond acceptors (Lipinski definition) is 6. The highest BCUT2D eigenvalue weighted by Crippen LogP contribution is 2.13. The summed E-state index contributed by atoms with van der Waals surface area (Å²) in [6, 6.07) is 0. The van der Waals surface area contributed by atoms with Gasteiger partial charge in [-0.3, -0.25) is 9.45 Å². The van der Waals surface area contributed by atoms with Gasteiger partial charge in [-0.05, 0) is 20.8 Å². The molecule has 0 aliphatic carbocycles. The molecule has 1 amide bonds. The molecule has 19 heavy (non-hydrogen) atoms. The van der Waals surface area contributed by atoms with Crippen LogP contribution in [0.1, 0.15) is 20.8 Å². The van der Waals surface area contributed by atoms with E-state index in [1.54, 1.807) is 20.8 Å². The summed E-state index contributed by atoms with van der Waals surface area (Å²) >= 11 is 0. The van der Waals surface area contributed by atoms with E-state index in [9.17, 15) is 13.2 Å². The standard InChI is InChI=1S/C10H21N3O5S/c1-10(2,3)18-9(14)13-6-4-12(5-7-13)8(11)19(15,16)17/h8H,4-7,11H2,1-3H3,(H,15,16,17). The van der Waals surface area contributed by atoms with Crippen molar-refractivity contribution in [3.05, 3.63) is 0 Å². The van der Waals surface area contributed by atoms with Gasteiger partial charge in [-0.15, -0.1) is 0 Å². The van der Waals surface area contributed by atoms with Crippen molar-refractivity contribution in [2.24, 2.45) is 5.73 Å². The molecule has 0 aromatic carbocycles. The Morgan fingerprint density at radius 1 is 1.26 bits per heavy atom. The molecule has 0 radical (unpaired) electrons. The molecule has 1 unspecified atom stereocenters. The van der Waals surface area contributed by atoms with Crippen molar-refractivity contribution < 1.29 is 22.5 Å². The van der Waals surface area contributed by atoms with Gasteiger partial charge >= 0.3 is 6.09 Å². The second-order valence-electron chi connectivity index (χ2n) is 5.41. The van der Waals surface area contributed by atoms with Crippen LogP contribution in [0.2, 0.25) is 0 Å². The molecule has 1 saturated heterocycles. The minimum atomic E-state index is -4.30. The van der Waals surface area contributed by atoms with E-state index in [1.165, 1.54) is 9.80 Å². The summed E-state index contributed by atoms with van der Waals surface area (Å²) in [5.74, 6) is 0. The quantitative estimate of drug-likeness (QED) is 0.670. The lowest BCUT2D eigenvalue weighted by molar-refractivity contribution is 0.0133. The Morgan fingerprint density at radius 3 is 2.11 bits per heavy atom. The van der Waals surface area contributed by atoms with Crippen LogP contribution in [0.15, 0.2) is 0 Å². The Bertz CT molecular complexity index is 423. The molecule has 1 fully saturated rings. The number of rotatable bonds is 2. The molecule has 112 valence electrons. The topological polar surface area (TPSA) is 113 Å². The number of nitrogens with zero attached hydrogens (tertiary/aromatic N) is 2. The van der Waals surface area contributed by atoms with E-state index in [1.807, 2.05) is 0 Å². The van der Waals surface area contributed by atoms with Crippen LogP contribution in [0.4, 0.5) is 4.79 Å². The fourth-order valence-corrected chi connectivity index (χ4v) is 2.26. The van der Waals surface area contributed by atoms with Crippen LogP contribution in [0, 0.1) is 0 Å². The van der Waals surface area contributed by atoms with Gasteiger partial charge in [0.25, 0.3) is 10.1 Å². The third-order valence-electron chi connectivity index (χ3n) is 2.63. The molecular weight excluding hydrogens is 274 g/mol. The normalized spacial score (nSPS) is 20.2. The number of carbonyl (C=O) groups excluding carboxylic acids is 1. The second kappa shape index (κ2) is 5.61. The molecule has 0 bridgehead atoms. The van der Waals surface area contributed by atoms with Crippen LogP contribution in [0.25, 0.3) is 0 Å². The van der Waals surface area contributed by atoms with E-state index in [-0.39, 0.29) is 13.1 Å². The van der Waals surface area contributed by atoms with Gasteiger partial charge in [0.05, 0.1) is 0 Å². The number of carbonyl (C=O) groups is 1. The van der Waals surface area contributed by atoms with Crippen LogP contribution in [0.3, 0.4) is 0 Å². The van der Waals surface area contributed by atoms with Crippen LogP contribution in [0.5, 0.6) is 0 Å². The highest BCUT2D eigenvalue weighted by Gasteiger charge is 2.31. The zero-order chi connectivity index (χ0) is 14.8. The lowest BCUT2D eigenvalue weighted by Gasteiger charge is -2.37. The molecular formula is C10H21N3O5S. The summed E-state index contributed by atoms with van der Waals surface area (Å²) in [4.78, 5) is 14.7. The van der Waals surface area contributed by atoms with Crippen molar-refractivity contribution in [1.82, 2.24) is 9.80 Å².